The van der Waals surface area contributed by atoms with Gasteiger partial charge in [0.25, 0.3) is 0 Å². The van der Waals surface area contributed by atoms with Crippen LogP contribution in [0.15, 0.2) is 42.5 Å². The number of aliphatic hydroxyl groups excluding tert-OH is 1. The minimum Gasteiger partial charge on any atom is -0.394 e. The molecule has 0 bridgehead atoms. The summed E-state index contributed by atoms with van der Waals surface area (Å²) < 4.78 is 38.1. The molecule has 0 radical (unpaired) electrons. The van der Waals surface area contributed by atoms with Crippen molar-refractivity contribution in [3.05, 3.63) is 64.2 Å². The summed E-state index contributed by atoms with van der Waals surface area (Å²) in [6.45, 7) is -0.298. The van der Waals surface area contributed by atoms with E-state index in [1.807, 2.05) is 0 Å². The largest absolute Gasteiger partial charge is 0.416 e. The van der Waals surface area contributed by atoms with Crippen molar-refractivity contribution in [3.63, 3.8) is 0 Å². The van der Waals surface area contributed by atoms with Crippen molar-refractivity contribution in [2.45, 2.75) is 12.2 Å². The van der Waals surface area contributed by atoms with Gasteiger partial charge in [-0.2, -0.15) is 18.4 Å². The molecule has 0 saturated heterocycles. The van der Waals surface area contributed by atoms with E-state index < -0.39 is 17.8 Å². The number of hydrogen-bond donors (Lipinski definition) is 2. The summed E-state index contributed by atoms with van der Waals surface area (Å²) in [5, 5.41) is 22.0. The zero-order valence-corrected chi connectivity index (χ0v) is 12.5. The van der Waals surface area contributed by atoms with Gasteiger partial charge in [-0.1, -0.05) is 23.7 Å². The third kappa shape index (κ3) is 4.15. The Hall–Kier alpha value is -2.23. The van der Waals surface area contributed by atoms with Crippen LogP contribution in [0.25, 0.3) is 0 Å². The molecule has 0 aliphatic carbocycles. The molecule has 2 aromatic rings. The third-order valence-corrected chi connectivity index (χ3v) is 3.50. The van der Waals surface area contributed by atoms with Crippen LogP contribution >= 0.6 is 11.6 Å². The minimum absolute atomic E-state index is 0.146. The highest BCUT2D eigenvalue weighted by molar-refractivity contribution is 6.30. The molecular weight excluding hydrogens is 329 g/mol. The number of nitriles is 1. The monoisotopic (exact) mass is 340 g/mol. The van der Waals surface area contributed by atoms with Gasteiger partial charge < -0.3 is 10.4 Å². The summed E-state index contributed by atoms with van der Waals surface area (Å²) in [6, 6.07) is 10.7. The van der Waals surface area contributed by atoms with Crippen LogP contribution in [-0.2, 0) is 6.18 Å². The van der Waals surface area contributed by atoms with Gasteiger partial charge in [-0.15, -0.1) is 0 Å². The molecule has 0 aromatic heterocycles. The first-order valence-corrected chi connectivity index (χ1v) is 6.97. The molecule has 0 heterocycles. The average Bonchev–Trinajstić information content (AvgIpc) is 2.52. The number of anilines is 1. The second kappa shape index (κ2) is 6.90. The van der Waals surface area contributed by atoms with Crippen molar-refractivity contribution in [1.29, 1.82) is 5.26 Å². The molecule has 0 saturated carbocycles. The molecule has 3 nitrogen and oxygen atoms in total. The Morgan fingerprint density at radius 3 is 2.35 bits per heavy atom. The number of hydrogen-bond acceptors (Lipinski definition) is 3. The van der Waals surface area contributed by atoms with Crippen LogP contribution in [0.4, 0.5) is 18.9 Å². The van der Waals surface area contributed by atoms with Crippen LogP contribution in [0.1, 0.15) is 22.7 Å². The molecule has 0 spiro atoms. The fraction of sp³-hybridized carbons (Fsp3) is 0.188. The molecular formula is C16H12ClF3N2O. The van der Waals surface area contributed by atoms with Crippen molar-refractivity contribution >= 4 is 17.3 Å². The van der Waals surface area contributed by atoms with E-state index in [4.69, 9.17) is 16.9 Å². The number of nitrogens with one attached hydrogen (secondary N) is 1. The van der Waals surface area contributed by atoms with Crippen molar-refractivity contribution in [1.82, 2.24) is 0 Å². The predicted octanol–water partition coefficient (Wildman–Crippen LogP) is 4.38. The number of halogens is 4. The molecule has 7 heteroatoms. The van der Waals surface area contributed by atoms with Gasteiger partial charge in [0.15, 0.2) is 0 Å². The molecule has 0 aliphatic rings. The number of alkyl halides is 3. The second-order valence-electron chi connectivity index (χ2n) is 4.80. The third-order valence-electron chi connectivity index (χ3n) is 3.25. The summed E-state index contributed by atoms with van der Waals surface area (Å²) in [5.41, 5.74) is -0.130. The average molecular weight is 341 g/mol. The molecule has 2 aromatic carbocycles. The minimum atomic E-state index is -4.52. The maximum absolute atomic E-state index is 12.7. The Balaban J connectivity index is 2.31. The molecule has 1 unspecified atom stereocenters. The van der Waals surface area contributed by atoms with Gasteiger partial charge in [0, 0.05) is 5.02 Å². The predicted molar refractivity (Wildman–Crippen MR) is 81.1 cm³/mol. The van der Waals surface area contributed by atoms with E-state index in [1.165, 1.54) is 6.07 Å². The van der Waals surface area contributed by atoms with E-state index in [1.54, 1.807) is 30.3 Å². The highest BCUT2D eigenvalue weighted by Crippen LogP contribution is 2.32. The van der Waals surface area contributed by atoms with Crippen molar-refractivity contribution in [3.8, 4) is 6.07 Å². The fourth-order valence-corrected chi connectivity index (χ4v) is 2.18. The van der Waals surface area contributed by atoms with Gasteiger partial charge in [-0.3, -0.25) is 0 Å². The zero-order valence-electron chi connectivity index (χ0n) is 11.7. The van der Waals surface area contributed by atoms with Gasteiger partial charge in [0.05, 0.1) is 29.5 Å². The Kier molecular flexibility index (Phi) is 5.14. The molecule has 23 heavy (non-hydrogen) atoms. The smallest absolute Gasteiger partial charge is 0.394 e. The van der Waals surface area contributed by atoms with Crippen molar-refractivity contribution in [2.24, 2.45) is 0 Å². The summed E-state index contributed by atoms with van der Waals surface area (Å²) in [6.07, 6.45) is -4.52. The van der Waals surface area contributed by atoms with Gasteiger partial charge in [-0.25, -0.2) is 0 Å². The molecule has 0 aliphatic heterocycles. The quantitative estimate of drug-likeness (QED) is 0.868. The Labute approximate surface area is 135 Å². The summed E-state index contributed by atoms with van der Waals surface area (Å²) in [4.78, 5) is 0. The lowest BCUT2D eigenvalue weighted by atomic mass is 10.0. The van der Waals surface area contributed by atoms with Crippen LogP contribution in [-0.4, -0.2) is 11.7 Å². The zero-order chi connectivity index (χ0) is 17.0. The summed E-state index contributed by atoms with van der Waals surface area (Å²) >= 11 is 5.80. The molecule has 0 fully saturated rings. The molecule has 0 amide bonds. The lowest BCUT2D eigenvalue weighted by Crippen LogP contribution is -2.16. The first kappa shape index (κ1) is 17.1. The van der Waals surface area contributed by atoms with Gasteiger partial charge in [-0.05, 0) is 35.9 Å². The summed E-state index contributed by atoms with van der Waals surface area (Å²) in [7, 11) is 0. The fourth-order valence-electron chi connectivity index (χ4n) is 2.06. The molecule has 2 N–H and O–H groups in total. The van der Waals surface area contributed by atoms with E-state index in [2.05, 4.69) is 5.32 Å². The first-order chi connectivity index (χ1) is 10.8. The highest BCUT2D eigenvalue weighted by Gasteiger charge is 2.31. The van der Waals surface area contributed by atoms with Gasteiger partial charge in [0.2, 0.25) is 0 Å². The lowest BCUT2D eigenvalue weighted by Gasteiger charge is -2.19. The normalized spacial score (nSPS) is 12.5. The Bertz CT molecular complexity index is 724. The van der Waals surface area contributed by atoms with E-state index in [9.17, 15) is 18.3 Å². The number of benzene rings is 2. The van der Waals surface area contributed by atoms with Crippen LogP contribution in [0, 0.1) is 11.3 Å². The van der Waals surface area contributed by atoms with Gasteiger partial charge >= 0.3 is 6.18 Å². The topological polar surface area (TPSA) is 56.0 Å². The number of nitrogens with zero attached hydrogens (tertiary/aromatic N) is 1. The van der Waals surface area contributed by atoms with Crippen molar-refractivity contribution < 1.29 is 18.3 Å². The number of rotatable bonds is 4. The first-order valence-electron chi connectivity index (χ1n) is 6.59. The number of aliphatic hydroxyl groups is 1. The Morgan fingerprint density at radius 2 is 1.83 bits per heavy atom. The van der Waals surface area contributed by atoms with Crippen molar-refractivity contribution in [2.75, 3.05) is 11.9 Å². The Morgan fingerprint density at radius 1 is 1.17 bits per heavy atom. The molecule has 2 rings (SSSR count). The van der Waals surface area contributed by atoms with Crippen LogP contribution in [0.3, 0.4) is 0 Å². The van der Waals surface area contributed by atoms with E-state index in [-0.39, 0.29) is 17.9 Å². The van der Waals surface area contributed by atoms with Crippen LogP contribution < -0.4 is 5.32 Å². The maximum atomic E-state index is 12.7. The second-order valence-corrected chi connectivity index (χ2v) is 5.24. The van der Waals surface area contributed by atoms with Crippen LogP contribution in [0.5, 0.6) is 0 Å². The molecule has 120 valence electrons. The van der Waals surface area contributed by atoms with Crippen LogP contribution in [0.2, 0.25) is 5.02 Å². The lowest BCUT2D eigenvalue weighted by molar-refractivity contribution is -0.137. The standard InChI is InChI=1S/C16H12ClF3N2O/c17-13-4-1-10(2-5-13)15(9-23)22-14-6-3-12(16(18,19)20)7-11(14)8-21/h1-7,15,22-23H,9H2. The summed E-state index contributed by atoms with van der Waals surface area (Å²) in [5.74, 6) is 0. The highest BCUT2D eigenvalue weighted by atomic mass is 35.5. The SMILES string of the molecule is N#Cc1cc(C(F)(F)F)ccc1NC(CO)c1ccc(Cl)cc1. The van der Waals surface area contributed by atoms with Gasteiger partial charge in [0.1, 0.15) is 6.07 Å². The van der Waals surface area contributed by atoms with E-state index in [0.29, 0.717) is 10.6 Å². The van der Waals surface area contributed by atoms with E-state index >= 15 is 0 Å². The van der Waals surface area contributed by atoms with E-state index in [0.717, 1.165) is 12.1 Å². The maximum Gasteiger partial charge on any atom is 0.416 e. The molecule has 1 atom stereocenters.